The third kappa shape index (κ3) is 7.74. The van der Waals surface area contributed by atoms with Crippen molar-refractivity contribution in [2.45, 2.75) is 71.9 Å². The summed E-state index contributed by atoms with van der Waals surface area (Å²) in [6, 6.07) is 15.7. The lowest BCUT2D eigenvalue weighted by Gasteiger charge is -2.27. The molecule has 0 radical (unpaired) electrons. The lowest BCUT2D eigenvalue weighted by molar-refractivity contribution is -0.136. The second kappa shape index (κ2) is 13.3. The van der Waals surface area contributed by atoms with E-state index in [0.717, 1.165) is 34.2 Å². The van der Waals surface area contributed by atoms with Gasteiger partial charge in [0.05, 0.1) is 19.8 Å². The van der Waals surface area contributed by atoms with E-state index in [-0.39, 0.29) is 23.9 Å². The number of alkyl carbamates (subject to hydrolysis) is 1. The number of ether oxygens (including phenoxy) is 4. The summed E-state index contributed by atoms with van der Waals surface area (Å²) in [5.41, 5.74) is 4.70. The number of carbonyl (C=O) groups excluding carboxylic acids is 3. The Labute approximate surface area is 253 Å². The van der Waals surface area contributed by atoms with Crippen LogP contribution in [0.3, 0.4) is 0 Å². The Hall–Kier alpha value is -4.33. The van der Waals surface area contributed by atoms with Gasteiger partial charge in [-0.3, -0.25) is 4.79 Å². The normalized spacial score (nSPS) is 15.2. The average Bonchev–Trinajstić information content (AvgIpc) is 2.95. The molecule has 0 saturated heterocycles. The first kappa shape index (κ1) is 31.6. The van der Waals surface area contributed by atoms with Gasteiger partial charge in [0, 0.05) is 12.3 Å². The van der Waals surface area contributed by atoms with Crippen LogP contribution in [0.2, 0.25) is 0 Å². The van der Waals surface area contributed by atoms with Crippen molar-refractivity contribution in [1.82, 2.24) is 5.32 Å². The highest BCUT2D eigenvalue weighted by atomic mass is 16.6. The number of ketones is 1. The molecule has 1 amide bonds. The Morgan fingerprint density at radius 3 is 2.33 bits per heavy atom. The first-order valence-electron chi connectivity index (χ1n) is 14.5. The van der Waals surface area contributed by atoms with Crippen LogP contribution >= 0.6 is 0 Å². The van der Waals surface area contributed by atoms with Gasteiger partial charge in [-0.1, -0.05) is 42.5 Å². The van der Waals surface area contributed by atoms with Gasteiger partial charge in [0.15, 0.2) is 17.3 Å². The van der Waals surface area contributed by atoms with Crippen LogP contribution in [-0.2, 0) is 28.8 Å². The molecule has 0 spiro atoms. The summed E-state index contributed by atoms with van der Waals surface area (Å²) in [5.74, 6) is 0.363. The number of amides is 1. The monoisotopic (exact) mass is 587 g/mol. The van der Waals surface area contributed by atoms with Crippen molar-refractivity contribution in [3.8, 4) is 17.2 Å². The quantitative estimate of drug-likeness (QED) is 0.230. The number of fused-ring (bicyclic) bond motifs is 1. The number of Topliss-reactive ketones (excluding diaryl/α,β-unsaturated/α-hetero) is 1. The van der Waals surface area contributed by atoms with Crippen molar-refractivity contribution in [2.24, 2.45) is 5.92 Å². The fourth-order valence-corrected chi connectivity index (χ4v) is 5.42. The molecule has 0 fully saturated rings. The molecular formula is C35H41NO7. The third-order valence-corrected chi connectivity index (χ3v) is 7.63. The molecule has 0 aromatic heterocycles. The van der Waals surface area contributed by atoms with Crippen LogP contribution in [0.15, 0.2) is 54.6 Å². The van der Waals surface area contributed by atoms with E-state index in [1.54, 1.807) is 40.0 Å². The van der Waals surface area contributed by atoms with Crippen molar-refractivity contribution >= 4 is 17.8 Å². The maximum absolute atomic E-state index is 13.7. The smallest absolute Gasteiger partial charge is 0.408 e. The summed E-state index contributed by atoms with van der Waals surface area (Å²) in [6.45, 7) is 9.25. The molecule has 8 nitrogen and oxygen atoms in total. The maximum atomic E-state index is 13.7. The van der Waals surface area contributed by atoms with Gasteiger partial charge in [-0.2, -0.15) is 0 Å². The second-order valence-corrected chi connectivity index (χ2v) is 12.0. The minimum atomic E-state index is -1.01. The largest absolute Gasteiger partial charge is 0.496 e. The van der Waals surface area contributed by atoms with Gasteiger partial charge in [-0.15, -0.1) is 0 Å². The summed E-state index contributed by atoms with van der Waals surface area (Å²) < 4.78 is 22.4. The first-order chi connectivity index (χ1) is 20.4. The summed E-state index contributed by atoms with van der Waals surface area (Å²) >= 11 is 0. The number of aryl methyl sites for hydroxylation is 2. The first-order valence-corrected chi connectivity index (χ1v) is 14.5. The number of benzene rings is 3. The molecule has 2 atom stereocenters. The van der Waals surface area contributed by atoms with Crippen LogP contribution in [-0.4, -0.2) is 43.7 Å². The summed E-state index contributed by atoms with van der Waals surface area (Å²) in [4.78, 5) is 39.8. The van der Waals surface area contributed by atoms with Gasteiger partial charge in [0.1, 0.15) is 17.4 Å². The van der Waals surface area contributed by atoms with E-state index in [9.17, 15) is 14.4 Å². The number of methoxy groups -OCH3 is 2. The van der Waals surface area contributed by atoms with Crippen LogP contribution in [0.1, 0.15) is 65.4 Å². The van der Waals surface area contributed by atoms with E-state index in [1.165, 1.54) is 7.11 Å². The van der Waals surface area contributed by atoms with Crippen molar-refractivity contribution in [3.05, 3.63) is 88.0 Å². The molecule has 1 aliphatic carbocycles. The van der Waals surface area contributed by atoms with E-state index in [2.05, 4.69) is 11.4 Å². The maximum Gasteiger partial charge on any atom is 0.408 e. The van der Waals surface area contributed by atoms with Gasteiger partial charge in [-0.05, 0) is 93.8 Å². The molecule has 0 saturated carbocycles. The summed E-state index contributed by atoms with van der Waals surface area (Å²) in [7, 11) is 3.09. The Morgan fingerprint density at radius 1 is 0.953 bits per heavy atom. The Morgan fingerprint density at radius 2 is 1.67 bits per heavy atom. The predicted molar refractivity (Wildman–Crippen MR) is 164 cm³/mol. The van der Waals surface area contributed by atoms with E-state index in [1.807, 2.05) is 50.2 Å². The second-order valence-electron chi connectivity index (χ2n) is 12.0. The van der Waals surface area contributed by atoms with Gasteiger partial charge in [-0.25, -0.2) is 9.59 Å². The fraction of sp³-hybridized carbons (Fsp3) is 0.400. The molecular weight excluding hydrogens is 546 g/mol. The van der Waals surface area contributed by atoms with E-state index in [0.29, 0.717) is 29.9 Å². The average molecular weight is 588 g/mol. The predicted octanol–water partition coefficient (Wildman–Crippen LogP) is 6.35. The molecule has 3 aromatic rings. The van der Waals surface area contributed by atoms with Crippen molar-refractivity contribution in [2.75, 3.05) is 14.2 Å². The summed E-state index contributed by atoms with van der Waals surface area (Å²) in [5, 5.41) is 2.66. The summed E-state index contributed by atoms with van der Waals surface area (Å²) in [6.07, 6.45) is 1.43. The van der Waals surface area contributed by atoms with Crippen molar-refractivity contribution in [1.29, 1.82) is 0 Å². The van der Waals surface area contributed by atoms with Crippen LogP contribution in [0.4, 0.5) is 4.79 Å². The van der Waals surface area contributed by atoms with Crippen LogP contribution in [0, 0.1) is 19.8 Å². The molecule has 0 heterocycles. The number of hydrogen-bond acceptors (Lipinski definition) is 7. The van der Waals surface area contributed by atoms with Gasteiger partial charge < -0.3 is 24.3 Å². The molecule has 0 bridgehead atoms. The Balaban J connectivity index is 1.56. The minimum Gasteiger partial charge on any atom is -0.496 e. The highest BCUT2D eigenvalue weighted by Crippen LogP contribution is 2.38. The van der Waals surface area contributed by atoms with Crippen molar-refractivity contribution < 1.29 is 33.3 Å². The molecule has 8 heteroatoms. The molecule has 3 aromatic carbocycles. The third-order valence-electron chi connectivity index (χ3n) is 7.63. The molecule has 228 valence electrons. The SMILES string of the molecule is COc1ccc(CC2CCc3cc(C)c(C)c(OC)c3C2=O)cc1OC(=O)[C@H](Cc1ccccc1)NC(=O)OC(C)(C)C. The topological polar surface area (TPSA) is 100 Å². The van der Waals surface area contributed by atoms with Crippen LogP contribution in [0.25, 0.3) is 0 Å². The minimum absolute atomic E-state index is 0.0556. The lowest BCUT2D eigenvalue weighted by Crippen LogP contribution is -2.46. The zero-order valence-electron chi connectivity index (χ0n) is 26.0. The Bertz CT molecular complexity index is 1490. The van der Waals surface area contributed by atoms with E-state index < -0.39 is 23.7 Å². The molecule has 43 heavy (non-hydrogen) atoms. The van der Waals surface area contributed by atoms with Crippen LogP contribution < -0.4 is 19.5 Å². The van der Waals surface area contributed by atoms with Gasteiger partial charge >= 0.3 is 12.1 Å². The molecule has 1 N–H and O–H groups in total. The van der Waals surface area contributed by atoms with E-state index >= 15 is 0 Å². The molecule has 0 aliphatic heterocycles. The molecule has 1 aliphatic rings. The zero-order chi connectivity index (χ0) is 31.3. The lowest BCUT2D eigenvalue weighted by atomic mass is 9.78. The number of hydrogen-bond donors (Lipinski definition) is 1. The zero-order valence-corrected chi connectivity index (χ0v) is 26.0. The van der Waals surface area contributed by atoms with Crippen LogP contribution in [0.5, 0.6) is 17.2 Å². The number of carbonyl (C=O) groups is 3. The number of nitrogens with one attached hydrogen (secondary N) is 1. The van der Waals surface area contributed by atoms with Crippen molar-refractivity contribution in [3.63, 3.8) is 0 Å². The fourth-order valence-electron chi connectivity index (χ4n) is 5.42. The Kier molecular flexibility index (Phi) is 9.79. The number of esters is 1. The standard InChI is InChI=1S/C35H41NO7/c1-21-17-25-14-15-26(31(37)30(25)32(41-7)22(21)2)18-24-13-16-28(40-6)29(20-24)42-33(38)27(19-23-11-9-8-10-12-23)36-34(39)43-35(3,4)5/h8-13,16-17,20,26-27H,14-15,18-19H2,1-7H3,(H,36,39)/t26?,27-/m0/s1. The molecule has 4 rings (SSSR count). The highest BCUT2D eigenvalue weighted by molar-refractivity contribution is 6.03. The molecule has 1 unspecified atom stereocenters. The van der Waals surface area contributed by atoms with E-state index in [4.69, 9.17) is 18.9 Å². The van der Waals surface area contributed by atoms with Gasteiger partial charge in [0.2, 0.25) is 0 Å². The highest BCUT2D eigenvalue weighted by Gasteiger charge is 2.32. The number of rotatable bonds is 9. The van der Waals surface area contributed by atoms with Gasteiger partial charge in [0.25, 0.3) is 0 Å².